The van der Waals surface area contributed by atoms with Crippen LogP contribution in [0.4, 0.5) is 5.69 Å². The van der Waals surface area contributed by atoms with Crippen molar-refractivity contribution in [3.8, 4) is 11.5 Å². The van der Waals surface area contributed by atoms with Crippen LogP contribution in [0, 0.1) is 0 Å². The number of carbonyl (C=O) groups is 3. The summed E-state index contributed by atoms with van der Waals surface area (Å²) in [5, 5.41) is 16.2. The van der Waals surface area contributed by atoms with Gasteiger partial charge in [0.25, 0.3) is 11.8 Å². The van der Waals surface area contributed by atoms with E-state index in [2.05, 4.69) is 26.6 Å². The van der Waals surface area contributed by atoms with E-state index >= 15 is 0 Å². The zero-order valence-electron chi connectivity index (χ0n) is 17.0. The molecule has 1 heterocycles. The quantitative estimate of drug-likeness (QED) is 0.495. The number of fused-ring (bicyclic) bond motifs is 1. The van der Waals surface area contributed by atoms with Gasteiger partial charge in [0, 0.05) is 10.2 Å². The molecule has 33 heavy (non-hydrogen) atoms. The molecule has 0 spiro atoms. The Morgan fingerprint density at radius 2 is 1.67 bits per heavy atom. The number of amides is 2. The molecule has 0 unspecified atom stereocenters. The van der Waals surface area contributed by atoms with E-state index in [0.717, 1.165) is 0 Å². The standard InChI is InChI=1S/C24H17BrN2O6/c25-18-4-2-1-3-17(18)22(28)27-19(11-14-5-10-20-21(12-14)33-13-32-20)23(29)26-16-8-6-15(7-9-16)24(30)31/h1-12H,13H2,(H,26,29)(H,27,28)(H,30,31)/p-1/b19-11+. The van der Waals surface area contributed by atoms with E-state index in [4.69, 9.17) is 9.47 Å². The number of carboxylic acids is 1. The van der Waals surface area contributed by atoms with Crippen LogP contribution >= 0.6 is 15.9 Å². The highest BCUT2D eigenvalue weighted by molar-refractivity contribution is 9.10. The summed E-state index contributed by atoms with van der Waals surface area (Å²) >= 11 is 3.33. The summed E-state index contributed by atoms with van der Waals surface area (Å²) in [7, 11) is 0. The van der Waals surface area contributed by atoms with Crippen LogP contribution in [0.1, 0.15) is 26.3 Å². The van der Waals surface area contributed by atoms with Gasteiger partial charge in [-0.1, -0.05) is 30.3 Å². The topological polar surface area (TPSA) is 117 Å². The molecule has 8 nitrogen and oxygen atoms in total. The van der Waals surface area contributed by atoms with Crippen LogP contribution < -0.4 is 25.2 Å². The molecule has 3 aromatic rings. The van der Waals surface area contributed by atoms with Crippen molar-refractivity contribution in [2.45, 2.75) is 0 Å². The van der Waals surface area contributed by atoms with E-state index in [1.807, 2.05) is 0 Å². The van der Waals surface area contributed by atoms with Gasteiger partial charge < -0.3 is 30.0 Å². The Kier molecular flexibility index (Phi) is 6.41. The molecular weight excluding hydrogens is 492 g/mol. The lowest BCUT2D eigenvalue weighted by Gasteiger charge is -2.13. The first-order chi connectivity index (χ1) is 15.9. The number of hydrogen-bond acceptors (Lipinski definition) is 6. The number of rotatable bonds is 6. The van der Waals surface area contributed by atoms with Crippen molar-refractivity contribution in [1.29, 1.82) is 0 Å². The zero-order valence-corrected chi connectivity index (χ0v) is 18.5. The Balaban J connectivity index is 1.62. The number of carboxylic acid groups (broad SMARTS) is 1. The third kappa shape index (κ3) is 5.21. The normalized spacial score (nSPS) is 12.2. The maximum Gasteiger partial charge on any atom is 0.272 e. The van der Waals surface area contributed by atoms with Crippen LogP contribution in [0.15, 0.2) is 76.9 Å². The minimum atomic E-state index is -1.32. The van der Waals surface area contributed by atoms with Crippen molar-refractivity contribution in [3.63, 3.8) is 0 Å². The van der Waals surface area contributed by atoms with Crippen LogP contribution in [0.25, 0.3) is 6.08 Å². The van der Waals surface area contributed by atoms with E-state index in [1.165, 1.54) is 30.3 Å². The van der Waals surface area contributed by atoms with Crippen molar-refractivity contribution in [2.75, 3.05) is 12.1 Å². The van der Waals surface area contributed by atoms with Gasteiger partial charge in [-0.3, -0.25) is 9.59 Å². The molecule has 2 amide bonds. The second kappa shape index (κ2) is 9.58. The lowest BCUT2D eigenvalue weighted by Crippen LogP contribution is -2.31. The molecule has 0 aromatic heterocycles. The Morgan fingerprint density at radius 1 is 0.939 bits per heavy atom. The third-order valence-electron chi connectivity index (χ3n) is 4.70. The second-order valence-electron chi connectivity index (χ2n) is 6.92. The molecule has 9 heteroatoms. The fourth-order valence-electron chi connectivity index (χ4n) is 3.05. The number of anilines is 1. The first-order valence-electron chi connectivity index (χ1n) is 9.71. The number of benzene rings is 3. The van der Waals surface area contributed by atoms with Crippen molar-refractivity contribution in [3.05, 3.63) is 93.6 Å². The van der Waals surface area contributed by atoms with E-state index in [1.54, 1.807) is 42.5 Å². The van der Waals surface area contributed by atoms with Crippen LogP contribution in [0.5, 0.6) is 11.5 Å². The van der Waals surface area contributed by atoms with E-state index in [-0.39, 0.29) is 18.1 Å². The zero-order chi connectivity index (χ0) is 23.4. The summed E-state index contributed by atoms with van der Waals surface area (Å²) in [6.07, 6.45) is 1.50. The number of aromatic carboxylic acids is 1. The molecule has 2 N–H and O–H groups in total. The Bertz CT molecular complexity index is 1270. The average molecular weight is 508 g/mol. The van der Waals surface area contributed by atoms with Crippen molar-refractivity contribution < 1.29 is 29.0 Å². The molecule has 0 fully saturated rings. The molecule has 0 saturated heterocycles. The van der Waals surface area contributed by atoms with Gasteiger partial charge in [0.1, 0.15) is 5.70 Å². The molecule has 166 valence electrons. The summed E-state index contributed by atoms with van der Waals surface area (Å²) in [4.78, 5) is 36.8. The Hall–Kier alpha value is -4.11. The lowest BCUT2D eigenvalue weighted by atomic mass is 10.1. The molecule has 1 aliphatic rings. The summed E-state index contributed by atoms with van der Waals surface area (Å²) in [6, 6.07) is 17.4. The van der Waals surface area contributed by atoms with Gasteiger partial charge >= 0.3 is 0 Å². The fourth-order valence-corrected chi connectivity index (χ4v) is 3.52. The predicted molar refractivity (Wildman–Crippen MR) is 122 cm³/mol. The molecular formula is C24H16BrN2O6-. The number of ether oxygens (including phenoxy) is 2. The molecule has 0 bridgehead atoms. The number of hydrogen-bond donors (Lipinski definition) is 2. The first-order valence-corrected chi connectivity index (χ1v) is 10.5. The van der Waals surface area contributed by atoms with E-state index < -0.39 is 17.8 Å². The summed E-state index contributed by atoms with van der Waals surface area (Å²) in [6.45, 7) is 0.108. The minimum absolute atomic E-state index is 0.0219. The molecule has 0 aliphatic carbocycles. The SMILES string of the molecule is O=C(Nc1ccc(C(=O)[O-])cc1)/C(=C\c1ccc2c(c1)OCO2)NC(=O)c1ccccc1Br. The molecule has 0 atom stereocenters. The second-order valence-corrected chi connectivity index (χ2v) is 7.78. The molecule has 0 radical (unpaired) electrons. The maximum atomic E-state index is 13.0. The predicted octanol–water partition coefficient (Wildman–Crippen LogP) is 2.95. The molecule has 3 aromatic carbocycles. The summed E-state index contributed by atoms with van der Waals surface area (Å²) in [5.74, 6) is -1.30. The van der Waals surface area contributed by atoms with Gasteiger partial charge in [-0.25, -0.2) is 0 Å². The smallest absolute Gasteiger partial charge is 0.272 e. The van der Waals surface area contributed by atoms with E-state index in [9.17, 15) is 19.5 Å². The fraction of sp³-hybridized carbons (Fsp3) is 0.0417. The van der Waals surface area contributed by atoms with Crippen molar-refractivity contribution in [1.82, 2.24) is 5.32 Å². The Labute approximate surface area is 197 Å². The first kappa shape index (κ1) is 22.1. The minimum Gasteiger partial charge on any atom is -0.545 e. The number of halogens is 1. The van der Waals surface area contributed by atoms with Crippen LogP contribution in [0.2, 0.25) is 0 Å². The third-order valence-corrected chi connectivity index (χ3v) is 5.39. The largest absolute Gasteiger partial charge is 0.545 e. The van der Waals surface area contributed by atoms with Crippen molar-refractivity contribution in [2.24, 2.45) is 0 Å². The lowest BCUT2D eigenvalue weighted by molar-refractivity contribution is -0.255. The van der Waals surface area contributed by atoms with Gasteiger partial charge in [0.2, 0.25) is 6.79 Å². The van der Waals surface area contributed by atoms with Crippen molar-refractivity contribution >= 4 is 45.5 Å². The van der Waals surface area contributed by atoms with Crippen LogP contribution in [0.3, 0.4) is 0 Å². The monoisotopic (exact) mass is 507 g/mol. The average Bonchev–Trinajstić information content (AvgIpc) is 3.27. The van der Waals surface area contributed by atoms with Crippen LogP contribution in [-0.4, -0.2) is 24.6 Å². The summed E-state index contributed by atoms with van der Waals surface area (Å²) < 4.78 is 11.3. The van der Waals surface area contributed by atoms with Crippen LogP contribution in [-0.2, 0) is 4.79 Å². The highest BCUT2D eigenvalue weighted by Gasteiger charge is 2.18. The highest BCUT2D eigenvalue weighted by atomic mass is 79.9. The van der Waals surface area contributed by atoms with Gasteiger partial charge in [0.05, 0.1) is 11.5 Å². The maximum absolute atomic E-state index is 13.0. The highest BCUT2D eigenvalue weighted by Crippen LogP contribution is 2.33. The molecule has 4 rings (SSSR count). The number of carbonyl (C=O) groups excluding carboxylic acids is 3. The van der Waals surface area contributed by atoms with Gasteiger partial charge in [0.15, 0.2) is 11.5 Å². The Morgan fingerprint density at radius 3 is 2.39 bits per heavy atom. The molecule has 1 aliphatic heterocycles. The van der Waals surface area contributed by atoms with E-state index in [0.29, 0.717) is 32.8 Å². The molecule has 0 saturated carbocycles. The summed E-state index contributed by atoms with van der Waals surface area (Å²) in [5.41, 5.74) is 1.24. The van der Waals surface area contributed by atoms with Gasteiger partial charge in [-0.15, -0.1) is 0 Å². The van der Waals surface area contributed by atoms with Gasteiger partial charge in [-0.05, 0) is 69.5 Å². The number of nitrogens with one attached hydrogen (secondary N) is 2. The van der Waals surface area contributed by atoms with Gasteiger partial charge in [-0.2, -0.15) is 0 Å².